The van der Waals surface area contributed by atoms with Gasteiger partial charge in [-0.25, -0.2) is 0 Å². The molecule has 3 heteroatoms. The first kappa shape index (κ1) is 7.55. The number of benzene rings is 1. The van der Waals surface area contributed by atoms with Gasteiger partial charge in [-0.2, -0.15) is 4.37 Å². The standard InChI is InChI=1S/C9H10N2S/c1-6-3-4-8-7(5-11-12-8)9(6)10-2/h3-5,10H,1-2H3. The van der Waals surface area contributed by atoms with Crippen LogP contribution in [0.25, 0.3) is 10.1 Å². The molecule has 0 spiro atoms. The minimum absolute atomic E-state index is 1.20. The van der Waals surface area contributed by atoms with Crippen molar-refractivity contribution in [3.8, 4) is 0 Å². The van der Waals surface area contributed by atoms with Gasteiger partial charge < -0.3 is 5.32 Å². The Morgan fingerprint density at radius 2 is 2.25 bits per heavy atom. The third kappa shape index (κ3) is 0.975. The lowest BCUT2D eigenvalue weighted by Crippen LogP contribution is -1.91. The molecule has 0 atom stereocenters. The smallest absolute Gasteiger partial charge is 0.0571 e. The second-order valence-electron chi connectivity index (χ2n) is 2.75. The number of fused-ring (bicyclic) bond motifs is 1. The SMILES string of the molecule is CNc1c(C)ccc2sncc12. The molecule has 0 bridgehead atoms. The summed E-state index contributed by atoms with van der Waals surface area (Å²) in [6.45, 7) is 2.10. The van der Waals surface area contributed by atoms with Crippen LogP contribution in [0.5, 0.6) is 0 Å². The van der Waals surface area contributed by atoms with Gasteiger partial charge in [0.25, 0.3) is 0 Å². The molecule has 2 aromatic rings. The molecule has 2 nitrogen and oxygen atoms in total. The summed E-state index contributed by atoms with van der Waals surface area (Å²) in [7, 11) is 1.94. The van der Waals surface area contributed by atoms with Crippen molar-refractivity contribution >= 4 is 27.3 Å². The Hall–Kier alpha value is -1.09. The van der Waals surface area contributed by atoms with Gasteiger partial charge in [-0.05, 0) is 30.1 Å². The van der Waals surface area contributed by atoms with Gasteiger partial charge in [-0.15, -0.1) is 0 Å². The molecular formula is C9H10N2S. The molecule has 0 saturated carbocycles. The quantitative estimate of drug-likeness (QED) is 0.726. The van der Waals surface area contributed by atoms with E-state index in [2.05, 4.69) is 28.7 Å². The second-order valence-corrected chi connectivity index (χ2v) is 3.58. The van der Waals surface area contributed by atoms with E-state index in [0.717, 1.165) is 0 Å². The summed E-state index contributed by atoms with van der Waals surface area (Å²) in [5.74, 6) is 0. The maximum atomic E-state index is 4.15. The van der Waals surface area contributed by atoms with Crippen LogP contribution in [0.3, 0.4) is 0 Å². The maximum absolute atomic E-state index is 4.15. The van der Waals surface area contributed by atoms with Crippen LogP contribution in [0.15, 0.2) is 18.3 Å². The molecule has 2 rings (SSSR count). The fourth-order valence-electron chi connectivity index (χ4n) is 1.38. The second kappa shape index (κ2) is 2.75. The van der Waals surface area contributed by atoms with Crippen LogP contribution < -0.4 is 5.32 Å². The number of nitrogens with zero attached hydrogens (tertiary/aromatic N) is 1. The van der Waals surface area contributed by atoms with Gasteiger partial charge >= 0.3 is 0 Å². The summed E-state index contributed by atoms with van der Waals surface area (Å²) >= 11 is 1.54. The van der Waals surface area contributed by atoms with Crippen molar-refractivity contribution in [2.75, 3.05) is 12.4 Å². The minimum atomic E-state index is 1.20. The Labute approximate surface area is 75.4 Å². The largest absolute Gasteiger partial charge is 0.387 e. The van der Waals surface area contributed by atoms with Crippen LogP contribution in [-0.4, -0.2) is 11.4 Å². The van der Waals surface area contributed by atoms with Gasteiger partial charge in [-0.3, -0.25) is 0 Å². The van der Waals surface area contributed by atoms with E-state index in [-0.39, 0.29) is 0 Å². The fraction of sp³-hybridized carbons (Fsp3) is 0.222. The molecule has 1 N–H and O–H groups in total. The Bertz CT molecular complexity index is 406. The number of rotatable bonds is 1. The summed E-state index contributed by atoms with van der Waals surface area (Å²) in [6, 6.07) is 4.23. The van der Waals surface area contributed by atoms with Gasteiger partial charge in [0.1, 0.15) is 0 Å². The van der Waals surface area contributed by atoms with Crippen LogP contribution in [0, 0.1) is 6.92 Å². The summed E-state index contributed by atoms with van der Waals surface area (Å²) in [4.78, 5) is 0. The van der Waals surface area contributed by atoms with E-state index in [1.165, 1.54) is 32.9 Å². The predicted molar refractivity (Wildman–Crippen MR) is 53.9 cm³/mol. The highest BCUT2D eigenvalue weighted by atomic mass is 32.1. The average Bonchev–Trinajstić information content (AvgIpc) is 2.52. The lowest BCUT2D eigenvalue weighted by atomic mass is 10.1. The topological polar surface area (TPSA) is 24.9 Å². The summed E-state index contributed by atoms with van der Waals surface area (Å²) in [5, 5.41) is 4.42. The molecule has 1 aromatic carbocycles. The molecule has 0 saturated heterocycles. The zero-order valence-corrected chi connectivity index (χ0v) is 7.90. The number of aromatic nitrogens is 1. The van der Waals surface area contributed by atoms with Gasteiger partial charge in [0.05, 0.1) is 10.9 Å². The first-order chi connectivity index (χ1) is 5.83. The molecule has 0 aliphatic heterocycles. The van der Waals surface area contributed by atoms with Crippen LogP contribution in [0.1, 0.15) is 5.56 Å². The monoisotopic (exact) mass is 178 g/mol. The Morgan fingerprint density at radius 1 is 1.42 bits per heavy atom. The van der Waals surface area contributed by atoms with E-state index in [9.17, 15) is 0 Å². The van der Waals surface area contributed by atoms with Crippen LogP contribution >= 0.6 is 11.5 Å². The number of hydrogen-bond donors (Lipinski definition) is 1. The van der Waals surface area contributed by atoms with E-state index in [4.69, 9.17) is 0 Å². The highest BCUT2D eigenvalue weighted by molar-refractivity contribution is 7.13. The van der Waals surface area contributed by atoms with Gasteiger partial charge in [0.2, 0.25) is 0 Å². The molecule has 1 aromatic heterocycles. The highest BCUT2D eigenvalue weighted by Gasteiger charge is 2.03. The van der Waals surface area contributed by atoms with E-state index in [0.29, 0.717) is 0 Å². The van der Waals surface area contributed by atoms with Gasteiger partial charge in [0.15, 0.2) is 0 Å². The van der Waals surface area contributed by atoms with Crippen molar-refractivity contribution in [2.24, 2.45) is 0 Å². The summed E-state index contributed by atoms with van der Waals surface area (Å²) in [5.41, 5.74) is 2.46. The lowest BCUT2D eigenvalue weighted by molar-refractivity contribution is 1.43. The van der Waals surface area contributed by atoms with E-state index in [1.807, 2.05) is 13.2 Å². The zero-order valence-electron chi connectivity index (χ0n) is 7.09. The molecule has 0 fully saturated rings. The third-order valence-corrected chi connectivity index (χ3v) is 2.76. The molecular weight excluding hydrogens is 168 g/mol. The van der Waals surface area contributed by atoms with Crippen molar-refractivity contribution < 1.29 is 0 Å². The Balaban J connectivity index is 2.83. The number of aryl methyl sites for hydroxylation is 1. The van der Waals surface area contributed by atoms with Crippen LogP contribution in [0.4, 0.5) is 5.69 Å². The number of nitrogens with one attached hydrogen (secondary N) is 1. The van der Waals surface area contributed by atoms with Crippen LogP contribution in [-0.2, 0) is 0 Å². The molecule has 0 aliphatic rings. The molecule has 1 heterocycles. The molecule has 0 radical (unpaired) electrons. The van der Waals surface area contributed by atoms with Crippen molar-refractivity contribution in [3.05, 3.63) is 23.9 Å². The normalized spacial score (nSPS) is 10.5. The Morgan fingerprint density at radius 3 is 3.00 bits per heavy atom. The predicted octanol–water partition coefficient (Wildman–Crippen LogP) is 2.65. The molecule has 0 aliphatic carbocycles. The zero-order chi connectivity index (χ0) is 8.55. The van der Waals surface area contributed by atoms with Gasteiger partial charge in [-0.1, -0.05) is 6.07 Å². The molecule has 0 amide bonds. The lowest BCUT2D eigenvalue weighted by Gasteiger charge is -2.04. The average molecular weight is 178 g/mol. The molecule has 0 unspecified atom stereocenters. The Kier molecular flexibility index (Phi) is 1.73. The highest BCUT2D eigenvalue weighted by Crippen LogP contribution is 2.28. The van der Waals surface area contributed by atoms with Gasteiger partial charge in [0, 0.05) is 18.1 Å². The number of anilines is 1. The first-order valence-corrected chi connectivity index (χ1v) is 4.62. The first-order valence-electron chi connectivity index (χ1n) is 3.84. The molecule has 12 heavy (non-hydrogen) atoms. The van der Waals surface area contributed by atoms with Crippen molar-refractivity contribution in [3.63, 3.8) is 0 Å². The minimum Gasteiger partial charge on any atom is -0.387 e. The van der Waals surface area contributed by atoms with E-state index < -0.39 is 0 Å². The van der Waals surface area contributed by atoms with Crippen molar-refractivity contribution in [1.82, 2.24) is 4.37 Å². The van der Waals surface area contributed by atoms with Crippen molar-refractivity contribution in [1.29, 1.82) is 0 Å². The van der Waals surface area contributed by atoms with Crippen molar-refractivity contribution in [2.45, 2.75) is 6.92 Å². The van der Waals surface area contributed by atoms with E-state index >= 15 is 0 Å². The molecule has 62 valence electrons. The third-order valence-electron chi connectivity index (χ3n) is 2.00. The maximum Gasteiger partial charge on any atom is 0.0571 e. The summed E-state index contributed by atoms with van der Waals surface area (Å²) < 4.78 is 5.39. The van der Waals surface area contributed by atoms with Crippen LogP contribution in [0.2, 0.25) is 0 Å². The summed E-state index contributed by atoms with van der Waals surface area (Å²) in [6.07, 6.45) is 1.92. The van der Waals surface area contributed by atoms with E-state index in [1.54, 1.807) is 0 Å². The number of hydrogen-bond acceptors (Lipinski definition) is 3. The fourth-order valence-corrected chi connectivity index (χ4v) is 2.04.